The van der Waals surface area contributed by atoms with Crippen LogP contribution >= 0.6 is 15.9 Å². The monoisotopic (exact) mass is 481 g/mol. The second-order valence-electron chi connectivity index (χ2n) is 6.41. The minimum atomic E-state index is -0.0861. The van der Waals surface area contributed by atoms with E-state index in [0.29, 0.717) is 11.8 Å². The molecule has 0 aliphatic carbocycles. The van der Waals surface area contributed by atoms with Crippen molar-refractivity contribution in [2.45, 2.75) is 53.1 Å². The minimum Gasteiger partial charge on any atom is -0.394 e. The molecule has 1 unspecified atom stereocenters. The highest BCUT2D eigenvalue weighted by molar-refractivity contribution is 9.10. The van der Waals surface area contributed by atoms with Gasteiger partial charge in [0.15, 0.2) is 0 Å². The summed E-state index contributed by atoms with van der Waals surface area (Å²) < 4.78 is 0.755. The van der Waals surface area contributed by atoms with Crippen molar-refractivity contribution in [2.24, 2.45) is 0 Å². The van der Waals surface area contributed by atoms with Gasteiger partial charge in [-0.3, -0.25) is 0 Å². The number of aliphatic hydroxyl groups excluding tert-OH is 1. The number of nitrogens with one attached hydrogen (secondary N) is 3. The highest BCUT2D eigenvalue weighted by Gasteiger charge is 2.08. The number of hydrogen-bond acceptors (Lipinski definition) is 8. The van der Waals surface area contributed by atoms with E-state index in [2.05, 4.69) is 74.8 Å². The Morgan fingerprint density at radius 2 is 1.90 bits per heavy atom. The van der Waals surface area contributed by atoms with E-state index in [-0.39, 0.29) is 18.8 Å². The van der Waals surface area contributed by atoms with E-state index in [9.17, 15) is 0 Å². The first-order valence-electron chi connectivity index (χ1n) is 9.91. The van der Waals surface area contributed by atoms with Gasteiger partial charge in [0.05, 0.1) is 11.1 Å². The molecule has 0 fully saturated rings. The van der Waals surface area contributed by atoms with Gasteiger partial charge in [0.25, 0.3) is 0 Å². The Morgan fingerprint density at radius 1 is 1.23 bits per heavy atom. The lowest BCUT2D eigenvalue weighted by atomic mass is 10.2. The fourth-order valence-corrected chi connectivity index (χ4v) is 2.41. The summed E-state index contributed by atoms with van der Waals surface area (Å²) in [6, 6.07) is 8.08. The van der Waals surface area contributed by atoms with E-state index in [4.69, 9.17) is 14.7 Å². The summed E-state index contributed by atoms with van der Waals surface area (Å²) in [5.41, 5.74) is 2.15. The van der Waals surface area contributed by atoms with E-state index in [1.165, 1.54) is 12.0 Å². The standard InChI is InChI=1S/C17H24BrN5O.C3H8.CO2/c1-3-7-19-9-13-5-4-6-14(8-13)22-17-20-10-15(18)16(23-17)21-12(2)11-24;1-3-2;2-1-3/h4-6,8,10,12,19,24H,3,7,9,11H2,1-2H3,(H2,20,21,22,23);3H2,1-2H3;. The smallest absolute Gasteiger partial charge is 0.373 e. The van der Waals surface area contributed by atoms with Crippen LogP contribution in [0.15, 0.2) is 34.9 Å². The molecule has 2 rings (SSSR count). The highest BCUT2D eigenvalue weighted by Crippen LogP contribution is 2.23. The van der Waals surface area contributed by atoms with E-state index in [1.807, 2.05) is 19.1 Å². The Hall–Kier alpha value is -2.32. The molecule has 166 valence electrons. The Bertz CT molecular complexity index is 755. The Labute approximate surface area is 187 Å². The predicted octanol–water partition coefficient (Wildman–Crippen LogP) is 4.11. The number of aliphatic hydroxyl groups is 1. The molecule has 0 saturated heterocycles. The summed E-state index contributed by atoms with van der Waals surface area (Å²) in [5.74, 6) is 1.15. The maximum absolute atomic E-state index is 9.17. The summed E-state index contributed by atoms with van der Waals surface area (Å²) in [5, 5.41) is 18.9. The number of halogens is 1. The van der Waals surface area contributed by atoms with Crippen LogP contribution in [0.3, 0.4) is 0 Å². The van der Waals surface area contributed by atoms with Crippen LogP contribution in [0.5, 0.6) is 0 Å². The zero-order valence-electron chi connectivity index (χ0n) is 18.0. The van der Waals surface area contributed by atoms with Crippen LogP contribution in [0.2, 0.25) is 0 Å². The van der Waals surface area contributed by atoms with E-state index in [0.717, 1.165) is 29.7 Å². The van der Waals surface area contributed by atoms with Crippen molar-refractivity contribution in [1.82, 2.24) is 15.3 Å². The van der Waals surface area contributed by atoms with Crippen LogP contribution in [-0.2, 0) is 16.1 Å². The number of aromatic nitrogens is 2. The van der Waals surface area contributed by atoms with Crippen molar-refractivity contribution < 1.29 is 14.7 Å². The second kappa shape index (κ2) is 17.5. The highest BCUT2D eigenvalue weighted by atomic mass is 79.9. The number of rotatable bonds is 9. The van der Waals surface area contributed by atoms with Gasteiger partial charge in [-0.05, 0) is 53.5 Å². The summed E-state index contributed by atoms with van der Waals surface area (Å²) in [7, 11) is 0. The molecule has 0 radical (unpaired) electrons. The van der Waals surface area contributed by atoms with Gasteiger partial charge in [-0.1, -0.05) is 39.3 Å². The van der Waals surface area contributed by atoms with Gasteiger partial charge in [-0.2, -0.15) is 14.6 Å². The van der Waals surface area contributed by atoms with Crippen LogP contribution < -0.4 is 16.0 Å². The van der Waals surface area contributed by atoms with Gasteiger partial charge in [-0.15, -0.1) is 0 Å². The third kappa shape index (κ3) is 12.3. The first-order chi connectivity index (χ1) is 14.4. The average molecular weight is 482 g/mol. The summed E-state index contributed by atoms with van der Waals surface area (Å²) >= 11 is 3.42. The molecule has 9 heteroatoms. The zero-order chi connectivity index (χ0) is 22.8. The molecule has 4 N–H and O–H groups in total. The van der Waals surface area contributed by atoms with Crippen molar-refractivity contribution >= 4 is 39.5 Å². The summed E-state index contributed by atoms with van der Waals surface area (Å²) in [6.07, 6.45) is 4.31. The Morgan fingerprint density at radius 3 is 2.50 bits per heavy atom. The number of hydrogen-bond donors (Lipinski definition) is 4. The molecule has 1 aromatic carbocycles. The molecular formula is C21H32BrN5O3. The molecule has 1 heterocycles. The predicted molar refractivity (Wildman–Crippen MR) is 123 cm³/mol. The molecule has 30 heavy (non-hydrogen) atoms. The van der Waals surface area contributed by atoms with E-state index >= 15 is 0 Å². The van der Waals surface area contributed by atoms with Crippen LogP contribution in [0.1, 0.15) is 46.1 Å². The molecule has 0 aliphatic heterocycles. The molecule has 1 atom stereocenters. The third-order valence-corrected chi connectivity index (χ3v) is 3.92. The largest absolute Gasteiger partial charge is 0.394 e. The van der Waals surface area contributed by atoms with Crippen LogP contribution in [0, 0.1) is 0 Å². The first kappa shape index (κ1) is 27.7. The molecule has 0 spiro atoms. The molecule has 0 amide bonds. The van der Waals surface area contributed by atoms with Crippen molar-refractivity contribution in [3.8, 4) is 0 Å². The van der Waals surface area contributed by atoms with E-state index in [1.54, 1.807) is 6.20 Å². The van der Waals surface area contributed by atoms with Crippen molar-refractivity contribution in [1.29, 1.82) is 0 Å². The minimum absolute atomic E-state index is 0.0337. The van der Waals surface area contributed by atoms with Crippen molar-refractivity contribution in [2.75, 3.05) is 23.8 Å². The van der Waals surface area contributed by atoms with Gasteiger partial charge in [-0.25, -0.2) is 4.98 Å². The lowest BCUT2D eigenvalue weighted by molar-refractivity contribution is -0.191. The summed E-state index contributed by atoms with van der Waals surface area (Å²) in [4.78, 5) is 25.0. The van der Waals surface area contributed by atoms with Gasteiger partial charge in [0.2, 0.25) is 5.95 Å². The molecular weight excluding hydrogens is 450 g/mol. The van der Waals surface area contributed by atoms with Crippen LogP contribution in [0.4, 0.5) is 17.5 Å². The van der Waals surface area contributed by atoms with E-state index < -0.39 is 0 Å². The van der Waals surface area contributed by atoms with Gasteiger partial charge in [0, 0.05) is 24.5 Å². The fourth-order valence-electron chi connectivity index (χ4n) is 2.11. The lowest BCUT2D eigenvalue weighted by Crippen LogP contribution is -2.20. The zero-order valence-corrected chi connectivity index (χ0v) is 19.6. The number of carbonyl (C=O) groups excluding carboxylic acids is 2. The van der Waals surface area contributed by atoms with Gasteiger partial charge < -0.3 is 21.1 Å². The average Bonchev–Trinajstić information content (AvgIpc) is 2.72. The molecule has 2 aromatic rings. The number of nitrogens with zero attached hydrogens (tertiary/aromatic N) is 2. The maximum atomic E-state index is 9.17. The fraction of sp³-hybridized carbons (Fsp3) is 0.476. The Kier molecular flexibility index (Phi) is 16.2. The quantitative estimate of drug-likeness (QED) is 0.395. The molecule has 1 aromatic heterocycles. The number of anilines is 3. The number of benzene rings is 1. The molecule has 0 saturated carbocycles. The van der Waals surface area contributed by atoms with Gasteiger partial charge >= 0.3 is 6.15 Å². The molecule has 0 bridgehead atoms. The topological polar surface area (TPSA) is 116 Å². The van der Waals surface area contributed by atoms with Crippen LogP contribution in [-0.4, -0.2) is 40.4 Å². The third-order valence-electron chi connectivity index (χ3n) is 3.34. The summed E-state index contributed by atoms with van der Waals surface area (Å²) in [6.45, 7) is 10.2. The van der Waals surface area contributed by atoms with Crippen LogP contribution in [0.25, 0.3) is 0 Å². The lowest BCUT2D eigenvalue weighted by Gasteiger charge is -2.14. The maximum Gasteiger partial charge on any atom is 0.373 e. The van der Waals surface area contributed by atoms with Crippen molar-refractivity contribution in [3.05, 3.63) is 40.5 Å². The molecule has 0 aliphatic rings. The first-order valence-corrected chi connectivity index (χ1v) is 10.7. The van der Waals surface area contributed by atoms with Gasteiger partial charge in [0.1, 0.15) is 5.82 Å². The Balaban J connectivity index is 0.00000125. The second-order valence-corrected chi connectivity index (χ2v) is 7.27. The normalized spacial score (nSPS) is 10.5. The van der Waals surface area contributed by atoms with Crippen molar-refractivity contribution in [3.63, 3.8) is 0 Å². The SMILES string of the molecule is CCC.CCCNCc1cccc(Nc2ncc(Br)c(NC(C)CO)n2)c1.O=C=O. The molecule has 8 nitrogen and oxygen atoms in total.